The Hall–Kier alpha value is -0.790. The van der Waals surface area contributed by atoms with Crippen LogP contribution >= 0.6 is 0 Å². The molecule has 1 heterocycles. The summed E-state index contributed by atoms with van der Waals surface area (Å²) in [5, 5.41) is 6.21. The van der Waals surface area contributed by atoms with Crippen LogP contribution in [0.1, 0.15) is 1.43 Å². The molecule has 1 aromatic rings. The van der Waals surface area contributed by atoms with E-state index in [1.807, 2.05) is 6.07 Å². The van der Waals surface area contributed by atoms with E-state index in [1.54, 1.807) is 12.4 Å². The SMILES string of the molecule is [1H].c1cn[nH]c1. The number of H-pyrrole nitrogens is 1. The van der Waals surface area contributed by atoms with E-state index in [1.165, 1.54) is 0 Å². The topological polar surface area (TPSA) is 28.7 Å². The van der Waals surface area contributed by atoms with Gasteiger partial charge >= 0.3 is 0 Å². The molecule has 2 heteroatoms. The van der Waals surface area contributed by atoms with Crippen LogP contribution in [0, 0.1) is 0 Å². The lowest BCUT2D eigenvalue weighted by Gasteiger charge is -1.49. The highest BCUT2D eigenvalue weighted by Crippen LogP contribution is 1.64. The molecule has 1 aromatic heterocycles. The van der Waals surface area contributed by atoms with Gasteiger partial charge in [-0.1, -0.05) is 0 Å². The van der Waals surface area contributed by atoms with Gasteiger partial charge in [-0.2, -0.15) is 5.10 Å². The minimum atomic E-state index is 0. The molecule has 5 heavy (non-hydrogen) atoms. The molecule has 1 N–H and O–H groups in total. The second-order valence-electron chi connectivity index (χ2n) is 0.766. The van der Waals surface area contributed by atoms with Crippen molar-refractivity contribution in [1.29, 1.82) is 0 Å². The van der Waals surface area contributed by atoms with Crippen LogP contribution in [-0.4, -0.2) is 10.2 Å². The first kappa shape index (κ1) is 2.45. The summed E-state index contributed by atoms with van der Waals surface area (Å²) >= 11 is 0. The van der Waals surface area contributed by atoms with Crippen LogP contribution in [-0.2, 0) is 0 Å². The van der Waals surface area contributed by atoms with E-state index < -0.39 is 0 Å². The summed E-state index contributed by atoms with van der Waals surface area (Å²) in [5.41, 5.74) is 0. The summed E-state index contributed by atoms with van der Waals surface area (Å²) < 4.78 is 0. The summed E-state index contributed by atoms with van der Waals surface area (Å²) in [7, 11) is 0. The predicted molar refractivity (Wildman–Crippen MR) is 19.7 cm³/mol. The van der Waals surface area contributed by atoms with Crippen molar-refractivity contribution >= 4 is 0 Å². The number of nitrogens with zero attached hydrogens (tertiary/aromatic N) is 1. The molecule has 27 valence electrons. The Bertz CT molecular complexity index is 65.3. The standard InChI is InChI=1S/C3H4N2.H/c1-2-4-5-3-1;/h1-3H,(H,4,5);/i;1+0. The van der Waals surface area contributed by atoms with Crippen LogP contribution in [0.2, 0.25) is 0 Å². The molecule has 0 aliphatic heterocycles. The zero-order chi connectivity index (χ0) is 3.54. The molecule has 0 aliphatic carbocycles. The Morgan fingerprint density at radius 2 is 2.80 bits per heavy atom. The fourth-order valence-electron chi connectivity index (χ4n) is 0.215. The molecule has 0 aromatic carbocycles. The summed E-state index contributed by atoms with van der Waals surface area (Å²) in [6.45, 7) is 0. The van der Waals surface area contributed by atoms with Gasteiger partial charge in [0.1, 0.15) is 0 Å². The highest BCUT2D eigenvalue weighted by molar-refractivity contribution is 4.72. The van der Waals surface area contributed by atoms with Crippen LogP contribution in [0.5, 0.6) is 0 Å². The van der Waals surface area contributed by atoms with Gasteiger partial charge in [0.2, 0.25) is 0 Å². The van der Waals surface area contributed by atoms with E-state index in [2.05, 4.69) is 10.2 Å². The third-order valence-corrected chi connectivity index (χ3v) is 0.406. The number of nitrogens with one attached hydrogen (secondary N) is 1. The van der Waals surface area contributed by atoms with Crippen molar-refractivity contribution in [3.05, 3.63) is 18.5 Å². The molecule has 0 amide bonds. The predicted octanol–water partition coefficient (Wildman–Crippen LogP) is 0.522. The third-order valence-electron chi connectivity index (χ3n) is 0.406. The Kier molecular flexibility index (Phi) is 0.433. The van der Waals surface area contributed by atoms with E-state index in [0.717, 1.165) is 0 Å². The first-order valence-electron chi connectivity index (χ1n) is 1.44. The lowest BCUT2D eigenvalue weighted by atomic mass is 10.8. The summed E-state index contributed by atoms with van der Waals surface area (Å²) in [6, 6.07) is 1.83. The van der Waals surface area contributed by atoms with Crippen molar-refractivity contribution in [2.45, 2.75) is 0 Å². The Balaban J connectivity index is 0.000000250. The number of hydrogen-bond acceptors (Lipinski definition) is 1. The van der Waals surface area contributed by atoms with Crippen molar-refractivity contribution in [3.8, 4) is 0 Å². The summed E-state index contributed by atoms with van der Waals surface area (Å²) in [6.07, 6.45) is 3.46. The molecule has 0 fully saturated rings. The zero-order valence-corrected chi connectivity index (χ0v) is 2.68. The summed E-state index contributed by atoms with van der Waals surface area (Å²) in [5.74, 6) is 0. The molecule has 1 rings (SSSR count). The number of aromatic nitrogens is 2. The number of rotatable bonds is 0. The molecular weight excluding hydrogens is 64.0 g/mol. The van der Waals surface area contributed by atoms with E-state index in [-0.39, 0.29) is 1.43 Å². The second kappa shape index (κ2) is 0.885. The highest BCUT2D eigenvalue weighted by Gasteiger charge is 1.56. The van der Waals surface area contributed by atoms with Crippen molar-refractivity contribution in [2.24, 2.45) is 0 Å². The maximum absolute atomic E-state index is 3.60. The minimum Gasteiger partial charge on any atom is -0.286 e. The van der Waals surface area contributed by atoms with Crippen molar-refractivity contribution in [1.82, 2.24) is 10.2 Å². The van der Waals surface area contributed by atoms with Gasteiger partial charge < -0.3 is 0 Å². The lowest BCUT2D eigenvalue weighted by Crippen LogP contribution is -1.53. The summed E-state index contributed by atoms with van der Waals surface area (Å²) in [4.78, 5) is 0. The average Bonchev–Trinajstić information content (AvgIpc) is 1.76. The van der Waals surface area contributed by atoms with Crippen molar-refractivity contribution in [3.63, 3.8) is 0 Å². The molecule has 0 bridgehead atoms. The Morgan fingerprint density at radius 1 is 1.80 bits per heavy atom. The van der Waals surface area contributed by atoms with Gasteiger partial charge in [-0.05, 0) is 6.07 Å². The smallest absolute Gasteiger partial charge is 0.0487 e. The van der Waals surface area contributed by atoms with Crippen LogP contribution in [0.25, 0.3) is 0 Å². The molecule has 2 nitrogen and oxygen atoms in total. The zero-order valence-electron chi connectivity index (χ0n) is 3.68. The molecule has 0 unspecified atom stereocenters. The molecular formula is C3H5N2. The molecule has 0 saturated carbocycles. The molecule has 0 aliphatic rings. The lowest BCUT2D eigenvalue weighted by molar-refractivity contribution is 1.09. The fraction of sp³-hybridized carbons (Fsp3) is 0. The van der Waals surface area contributed by atoms with E-state index in [4.69, 9.17) is 0 Å². The van der Waals surface area contributed by atoms with Crippen LogP contribution < -0.4 is 0 Å². The largest absolute Gasteiger partial charge is 0.286 e. The monoisotopic (exact) mass is 69.0 g/mol. The quantitative estimate of drug-likeness (QED) is 0.472. The Morgan fingerprint density at radius 3 is 3.00 bits per heavy atom. The highest BCUT2D eigenvalue weighted by atomic mass is 15.1. The molecule has 0 spiro atoms. The van der Waals surface area contributed by atoms with Gasteiger partial charge in [-0.15, -0.1) is 0 Å². The van der Waals surface area contributed by atoms with Crippen molar-refractivity contribution in [2.75, 3.05) is 0 Å². The van der Waals surface area contributed by atoms with Crippen molar-refractivity contribution < 1.29 is 1.43 Å². The maximum atomic E-state index is 3.60. The fourth-order valence-corrected chi connectivity index (χ4v) is 0.215. The molecule has 0 saturated heterocycles. The van der Waals surface area contributed by atoms with E-state index >= 15 is 0 Å². The van der Waals surface area contributed by atoms with E-state index in [9.17, 15) is 0 Å². The number of hydrogen-bond donors (Lipinski definition) is 1. The van der Waals surface area contributed by atoms with Crippen LogP contribution in [0.3, 0.4) is 0 Å². The minimum absolute atomic E-state index is 0. The first-order chi connectivity index (χ1) is 2.50. The van der Waals surface area contributed by atoms with Gasteiger partial charge in [0, 0.05) is 13.8 Å². The maximum Gasteiger partial charge on any atom is 0.0487 e. The van der Waals surface area contributed by atoms with Crippen LogP contribution in [0.15, 0.2) is 18.5 Å². The van der Waals surface area contributed by atoms with E-state index in [0.29, 0.717) is 0 Å². The van der Waals surface area contributed by atoms with Crippen LogP contribution in [0.4, 0.5) is 0 Å². The van der Waals surface area contributed by atoms with Gasteiger partial charge in [-0.3, -0.25) is 5.10 Å². The Labute approximate surface area is 31.3 Å². The number of aromatic amines is 1. The van der Waals surface area contributed by atoms with Gasteiger partial charge in [0.05, 0.1) is 0 Å². The third kappa shape index (κ3) is 0.265. The molecule has 0 atom stereocenters. The van der Waals surface area contributed by atoms with Gasteiger partial charge in [-0.25, -0.2) is 0 Å². The average molecular weight is 69.1 g/mol. The first-order valence-corrected chi connectivity index (χ1v) is 1.44. The molecule has 1 radical (unpaired) electrons. The second-order valence-corrected chi connectivity index (χ2v) is 0.766. The normalized spacial score (nSPS) is 8.00. The van der Waals surface area contributed by atoms with Gasteiger partial charge in [0.15, 0.2) is 0 Å². The van der Waals surface area contributed by atoms with Gasteiger partial charge in [0.25, 0.3) is 0 Å².